The topological polar surface area (TPSA) is 82.2 Å². The van der Waals surface area contributed by atoms with Crippen molar-refractivity contribution >= 4 is 44.1 Å². The first kappa shape index (κ1) is 19.9. The number of carbonyl (C=O) groups excluding carboxylic acids is 1. The minimum absolute atomic E-state index is 0.132. The molecule has 3 aromatic heterocycles. The zero-order valence-electron chi connectivity index (χ0n) is 17.0. The number of hydrogen-bond donors (Lipinski definition) is 0. The van der Waals surface area contributed by atoms with E-state index in [1.54, 1.807) is 27.3 Å². The smallest absolute Gasteiger partial charge is 0.410 e. The number of pyridine rings is 2. The molecular formula is C20H24BrN5O3. The van der Waals surface area contributed by atoms with Crippen molar-refractivity contribution in [3.8, 4) is 0 Å². The minimum Gasteiger partial charge on any atom is -0.444 e. The molecule has 1 saturated heterocycles. The Morgan fingerprint density at radius 1 is 1.31 bits per heavy atom. The predicted octanol–water partition coefficient (Wildman–Crippen LogP) is 3.62. The van der Waals surface area contributed by atoms with E-state index in [9.17, 15) is 9.59 Å². The highest BCUT2D eigenvalue weighted by molar-refractivity contribution is 9.10. The van der Waals surface area contributed by atoms with Gasteiger partial charge in [0.15, 0.2) is 0 Å². The summed E-state index contributed by atoms with van der Waals surface area (Å²) in [6.45, 7) is 6.60. The Hall–Kier alpha value is -2.42. The van der Waals surface area contributed by atoms with Gasteiger partial charge in [0.05, 0.1) is 28.8 Å². The lowest BCUT2D eigenvalue weighted by Crippen LogP contribution is -2.45. The Morgan fingerprint density at radius 2 is 2.07 bits per heavy atom. The summed E-state index contributed by atoms with van der Waals surface area (Å²) in [6, 6.07) is 3.55. The molecule has 3 aromatic rings. The number of likely N-dealkylation sites (tertiary alicyclic amines) is 1. The van der Waals surface area contributed by atoms with Gasteiger partial charge in [0, 0.05) is 20.1 Å². The molecule has 4 heterocycles. The Labute approximate surface area is 176 Å². The molecule has 0 N–H and O–H groups in total. The maximum Gasteiger partial charge on any atom is 0.410 e. The number of carbonyl (C=O) groups is 1. The molecule has 0 bridgehead atoms. The summed E-state index contributed by atoms with van der Waals surface area (Å²) in [5.41, 5.74) is 2.18. The van der Waals surface area contributed by atoms with Gasteiger partial charge in [-0.05, 0) is 61.7 Å². The van der Waals surface area contributed by atoms with Crippen LogP contribution in [0.5, 0.6) is 0 Å². The number of fused-ring (bicyclic) bond motifs is 3. The summed E-state index contributed by atoms with van der Waals surface area (Å²) in [6.07, 6.45) is 2.96. The number of imidazole rings is 1. The van der Waals surface area contributed by atoms with Gasteiger partial charge in [0.25, 0.3) is 0 Å². The third-order valence-electron chi connectivity index (χ3n) is 5.14. The number of aromatic nitrogens is 4. The van der Waals surface area contributed by atoms with Gasteiger partial charge in [-0.2, -0.15) is 0 Å². The van der Waals surface area contributed by atoms with Crippen LogP contribution in [0.15, 0.2) is 27.7 Å². The van der Waals surface area contributed by atoms with Crippen molar-refractivity contribution in [1.82, 2.24) is 24.0 Å². The van der Waals surface area contributed by atoms with E-state index in [4.69, 9.17) is 4.74 Å². The van der Waals surface area contributed by atoms with E-state index >= 15 is 0 Å². The van der Waals surface area contributed by atoms with E-state index in [1.165, 1.54) is 0 Å². The van der Waals surface area contributed by atoms with Crippen LogP contribution in [0.4, 0.5) is 4.79 Å². The third-order valence-corrected chi connectivity index (χ3v) is 5.58. The monoisotopic (exact) mass is 461 g/mol. The van der Waals surface area contributed by atoms with Crippen LogP contribution in [-0.2, 0) is 11.8 Å². The molecule has 8 nitrogen and oxygen atoms in total. The molecule has 1 atom stereocenters. The van der Waals surface area contributed by atoms with Gasteiger partial charge in [0.1, 0.15) is 15.7 Å². The highest BCUT2D eigenvalue weighted by atomic mass is 79.9. The van der Waals surface area contributed by atoms with Crippen LogP contribution < -0.4 is 5.69 Å². The highest BCUT2D eigenvalue weighted by Crippen LogP contribution is 2.29. The first-order valence-electron chi connectivity index (χ1n) is 9.66. The number of piperidine rings is 1. The average Bonchev–Trinajstić information content (AvgIpc) is 2.92. The van der Waals surface area contributed by atoms with Crippen LogP contribution >= 0.6 is 15.9 Å². The fraction of sp³-hybridized carbons (Fsp3) is 0.500. The lowest BCUT2D eigenvalue weighted by Gasteiger charge is -2.34. The van der Waals surface area contributed by atoms with Crippen LogP contribution in [0, 0.1) is 0 Å². The Bertz CT molecular complexity index is 1160. The van der Waals surface area contributed by atoms with Gasteiger partial charge in [-0.3, -0.25) is 14.1 Å². The molecule has 9 heteroatoms. The van der Waals surface area contributed by atoms with E-state index in [0.29, 0.717) is 23.2 Å². The summed E-state index contributed by atoms with van der Waals surface area (Å²) in [5.74, 6) is 0. The number of nitrogens with zero attached hydrogens (tertiary/aromatic N) is 5. The number of ether oxygens (including phenoxy) is 1. The lowest BCUT2D eigenvalue weighted by molar-refractivity contribution is 0.0173. The minimum atomic E-state index is -0.557. The van der Waals surface area contributed by atoms with E-state index in [-0.39, 0.29) is 17.8 Å². The lowest BCUT2D eigenvalue weighted by atomic mass is 10.1. The number of halogens is 1. The molecule has 0 saturated carbocycles. The van der Waals surface area contributed by atoms with Crippen molar-refractivity contribution in [2.75, 3.05) is 13.1 Å². The van der Waals surface area contributed by atoms with Crippen molar-refractivity contribution in [3.63, 3.8) is 0 Å². The van der Waals surface area contributed by atoms with E-state index < -0.39 is 5.60 Å². The molecule has 29 heavy (non-hydrogen) atoms. The van der Waals surface area contributed by atoms with Gasteiger partial charge >= 0.3 is 11.8 Å². The second-order valence-corrected chi connectivity index (χ2v) is 9.24. The standard InChI is InChI=1S/C20H24BrN5O3/c1-20(2,3)29-19(28)25-9-5-6-12(11-25)26-17-14(24(4)18(26)27)10-22-13-7-8-15(21)23-16(13)17/h7-8,10,12H,5-6,9,11H2,1-4H3/t12-/m1/s1. The number of rotatable bonds is 1. The second kappa shape index (κ2) is 7.12. The fourth-order valence-electron chi connectivity index (χ4n) is 3.86. The quantitative estimate of drug-likeness (QED) is 0.516. The van der Waals surface area contributed by atoms with Crippen molar-refractivity contribution in [3.05, 3.63) is 33.4 Å². The van der Waals surface area contributed by atoms with Crippen LogP contribution in [-0.4, -0.2) is 48.8 Å². The van der Waals surface area contributed by atoms with Crippen LogP contribution in [0.1, 0.15) is 39.7 Å². The van der Waals surface area contributed by atoms with Gasteiger partial charge in [-0.25, -0.2) is 14.6 Å². The summed E-state index contributed by atoms with van der Waals surface area (Å²) in [7, 11) is 1.74. The van der Waals surface area contributed by atoms with Crippen molar-refractivity contribution in [2.24, 2.45) is 7.05 Å². The molecule has 154 valence electrons. The zero-order chi connectivity index (χ0) is 20.9. The third kappa shape index (κ3) is 3.63. The highest BCUT2D eigenvalue weighted by Gasteiger charge is 2.31. The Balaban J connectivity index is 1.81. The molecule has 1 fully saturated rings. The normalized spacial score (nSPS) is 17.8. The van der Waals surface area contributed by atoms with E-state index in [1.807, 2.05) is 32.9 Å². The molecule has 0 radical (unpaired) electrons. The molecule has 0 aliphatic carbocycles. The van der Waals surface area contributed by atoms with Crippen LogP contribution in [0.3, 0.4) is 0 Å². The molecule has 4 rings (SSSR count). The van der Waals surface area contributed by atoms with Gasteiger partial charge in [0.2, 0.25) is 0 Å². The molecule has 0 aromatic carbocycles. The summed E-state index contributed by atoms with van der Waals surface area (Å²) >= 11 is 3.42. The van der Waals surface area contributed by atoms with E-state index in [2.05, 4.69) is 25.9 Å². The maximum atomic E-state index is 13.1. The largest absolute Gasteiger partial charge is 0.444 e. The molecule has 0 spiro atoms. The Morgan fingerprint density at radius 3 is 2.79 bits per heavy atom. The molecule has 1 amide bonds. The second-order valence-electron chi connectivity index (χ2n) is 8.43. The first-order chi connectivity index (χ1) is 13.7. The summed E-state index contributed by atoms with van der Waals surface area (Å²) in [4.78, 5) is 36.5. The number of aryl methyl sites for hydroxylation is 1. The zero-order valence-corrected chi connectivity index (χ0v) is 18.6. The average molecular weight is 462 g/mol. The summed E-state index contributed by atoms with van der Waals surface area (Å²) < 4.78 is 9.58. The van der Waals surface area contributed by atoms with Crippen molar-refractivity contribution in [2.45, 2.75) is 45.3 Å². The number of hydrogen-bond acceptors (Lipinski definition) is 5. The van der Waals surface area contributed by atoms with Crippen molar-refractivity contribution < 1.29 is 9.53 Å². The Kier molecular flexibility index (Phi) is 4.88. The maximum absolute atomic E-state index is 13.1. The van der Waals surface area contributed by atoms with Gasteiger partial charge in [-0.1, -0.05) is 0 Å². The fourth-order valence-corrected chi connectivity index (χ4v) is 4.17. The molecular weight excluding hydrogens is 438 g/mol. The SMILES string of the molecule is Cn1c(=O)n([C@@H]2CCCN(C(=O)OC(C)(C)C)C2)c2c3nc(Br)ccc3ncc21. The van der Waals surface area contributed by atoms with Crippen molar-refractivity contribution in [1.29, 1.82) is 0 Å². The van der Waals surface area contributed by atoms with Crippen LogP contribution in [0.25, 0.3) is 22.1 Å². The van der Waals surface area contributed by atoms with E-state index in [0.717, 1.165) is 29.4 Å². The van der Waals surface area contributed by atoms with Gasteiger partial charge in [-0.15, -0.1) is 0 Å². The number of amides is 1. The molecule has 0 unspecified atom stereocenters. The molecule has 1 aliphatic heterocycles. The van der Waals surface area contributed by atoms with Crippen LogP contribution in [0.2, 0.25) is 0 Å². The predicted molar refractivity (Wildman–Crippen MR) is 114 cm³/mol. The molecule has 1 aliphatic rings. The first-order valence-corrected chi connectivity index (χ1v) is 10.4. The summed E-state index contributed by atoms with van der Waals surface area (Å²) in [5, 5.41) is 0. The van der Waals surface area contributed by atoms with Gasteiger partial charge < -0.3 is 9.64 Å².